The fraction of sp³-hybridized carbons (Fsp3) is 0.950. The Bertz CT molecular complexity index is 804. The lowest BCUT2D eigenvalue weighted by atomic mass is 9.85. The van der Waals surface area contributed by atoms with Gasteiger partial charge in [-0.25, -0.2) is 0 Å². The second kappa shape index (κ2) is 21.5. The molecule has 0 spiro atoms. The molecule has 0 saturated carbocycles. The third kappa shape index (κ3) is 13.9. The maximum atomic E-state index is 9.89. The smallest absolute Gasteiger partial charge is 0.0691 e. The third-order valence-corrected chi connectivity index (χ3v) is 12.2. The third-order valence-electron chi connectivity index (χ3n) is 12.2. The number of hydrogen-bond acceptors (Lipinski definition) is 5. The molecule has 0 aromatic carbocycles. The number of aliphatic hydroxyl groups is 2. The topological polar surface area (TPSA) is 67.8 Å². The minimum atomic E-state index is -0.142. The first-order valence-electron chi connectivity index (χ1n) is 20.3. The van der Waals surface area contributed by atoms with Crippen LogP contribution < -0.4 is 10.6 Å². The van der Waals surface area contributed by atoms with Gasteiger partial charge in [-0.2, -0.15) is 0 Å². The average Bonchev–Trinajstić information content (AvgIpc) is 3.51. The molecule has 5 nitrogen and oxygen atoms in total. The van der Waals surface area contributed by atoms with Crippen LogP contribution in [0.4, 0.5) is 0 Å². The molecule has 3 saturated heterocycles. The molecule has 4 aliphatic heterocycles. The Morgan fingerprint density at radius 1 is 0.600 bits per heavy atom. The zero-order valence-electron chi connectivity index (χ0n) is 29.8. The van der Waals surface area contributed by atoms with Crippen LogP contribution in [0.5, 0.6) is 0 Å². The second-order valence-electron chi connectivity index (χ2n) is 16.0. The van der Waals surface area contributed by atoms with Crippen molar-refractivity contribution in [3.63, 3.8) is 0 Å². The van der Waals surface area contributed by atoms with E-state index in [0.717, 1.165) is 37.6 Å². The number of fused-ring (bicyclic) bond motifs is 1. The van der Waals surface area contributed by atoms with Crippen LogP contribution in [-0.4, -0.2) is 70.6 Å². The Kier molecular flexibility index (Phi) is 17.8. The van der Waals surface area contributed by atoms with Gasteiger partial charge in [0.25, 0.3) is 0 Å². The quantitative estimate of drug-likeness (QED) is 0.0712. The lowest BCUT2D eigenvalue weighted by molar-refractivity contribution is 0.0848. The van der Waals surface area contributed by atoms with Crippen molar-refractivity contribution in [2.75, 3.05) is 13.1 Å². The zero-order chi connectivity index (χ0) is 31.7. The molecule has 5 heteroatoms. The van der Waals surface area contributed by atoms with Crippen LogP contribution in [0.25, 0.3) is 0 Å². The molecule has 0 amide bonds. The van der Waals surface area contributed by atoms with E-state index in [0.29, 0.717) is 12.1 Å². The molecule has 0 unspecified atom stereocenters. The van der Waals surface area contributed by atoms with Gasteiger partial charge >= 0.3 is 0 Å². The van der Waals surface area contributed by atoms with E-state index in [2.05, 4.69) is 35.5 Å². The summed E-state index contributed by atoms with van der Waals surface area (Å²) in [5.74, 6) is 0.825. The summed E-state index contributed by atoms with van der Waals surface area (Å²) >= 11 is 0. The van der Waals surface area contributed by atoms with Crippen molar-refractivity contribution in [3.05, 3.63) is 11.6 Å². The predicted octanol–water partition coefficient (Wildman–Crippen LogP) is 8.81. The van der Waals surface area contributed by atoms with Crippen molar-refractivity contribution >= 4 is 0 Å². The number of unbranched alkanes of at least 4 members (excludes halogenated alkanes) is 14. The van der Waals surface area contributed by atoms with Gasteiger partial charge in [-0.1, -0.05) is 108 Å². The van der Waals surface area contributed by atoms with E-state index in [-0.39, 0.29) is 24.3 Å². The fourth-order valence-corrected chi connectivity index (χ4v) is 9.17. The highest BCUT2D eigenvalue weighted by molar-refractivity contribution is 5.15. The van der Waals surface area contributed by atoms with Gasteiger partial charge < -0.3 is 20.8 Å². The van der Waals surface area contributed by atoms with Crippen LogP contribution in [0.15, 0.2) is 11.6 Å². The maximum absolute atomic E-state index is 9.89. The summed E-state index contributed by atoms with van der Waals surface area (Å²) in [4.78, 5) is 2.84. The van der Waals surface area contributed by atoms with E-state index < -0.39 is 0 Å². The number of rotatable bonds is 22. The molecule has 0 aliphatic carbocycles. The molecule has 3 fully saturated rings. The SMILES string of the molecule is C[C@@H]1N[C@H](CCCCCCCCCCC2=C[C@@H](CCCCCCCCCC[C@@H]3CC[C@H](O)[C@H](C)N3)[C@H]3CCCN3C2)CC[C@@H]1O. The molecule has 45 heavy (non-hydrogen) atoms. The monoisotopic (exact) mass is 630 g/mol. The number of nitrogens with zero attached hydrogens (tertiary/aromatic N) is 1. The number of piperidine rings is 2. The molecule has 0 bridgehead atoms. The molecule has 4 heterocycles. The Balaban J connectivity index is 0.963. The molecule has 4 aliphatic rings. The molecule has 4 rings (SSSR count). The van der Waals surface area contributed by atoms with Crippen molar-refractivity contribution in [1.29, 1.82) is 0 Å². The van der Waals surface area contributed by atoms with Gasteiger partial charge in [0.1, 0.15) is 0 Å². The van der Waals surface area contributed by atoms with Crippen molar-refractivity contribution in [1.82, 2.24) is 15.5 Å². The summed E-state index contributed by atoms with van der Waals surface area (Å²) in [5, 5.41) is 27.0. The minimum Gasteiger partial charge on any atom is -0.392 e. The summed E-state index contributed by atoms with van der Waals surface area (Å²) in [5.41, 5.74) is 1.77. The Morgan fingerprint density at radius 3 is 1.58 bits per heavy atom. The standard InChI is InChI=1S/C40H75N3O2/c1-32-39(44)27-25-36(41-32)22-17-13-9-5-3-7-11-15-20-34-30-35(38-24-19-29-43(38)31-34)21-16-12-8-4-6-10-14-18-23-37-26-28-40(45)33(2)42-37/h30,32-33,35-42,44-45H,3-29,31H2,1-2H3/t32-,33-,35+,36+,37+,38+,39-,40-/m0/s1. The highest BCUT2D eigenvalue weighted by Crippen LogP contribution is 2.35. The minimum absolute atomic E-state index is 0.141. The van der Waals surface area contributed by atoms with Gasteiger partial charge in [0.2, 0.25) is 0 Å². The lowest BCUT2D eigenvalue weighted by Crippen LogP contribution is -2.48. The zero-order valence-corrected chi connectivity index (χ0v) is 29.8. The molecule has 0 aromatic heterocycles. The van der Waals surface area contributed by atoms with Gasteiger partial charge in [0.05, 0.1) is 12.2 Å². The van der Waals surface area contributed by atoms with Crippen LogP contribution in [-0.2, 0) is 0 Å². The van der Waals surface area contributed by atoms with Crippen LogP contribution in [0, 0.1) is 5.92 Å². The van der Waals surface area contributed by atoms with E-state index in [4.69, 9.17) is 0 Å². The molecule has 262 valence electrons. The predicted molar refractivity (Wildman–Crippen MR) is 192 cm³/mol. The first-order chi connectivity index (χ1) is 22.0. The maximum Gasteiger partial charge on any atom is 0.0691 e. The summed E-state index contributed by atoms with van der Waals surface area (Å²) in [6.07, 6.45) is 37.4. The van der Waals surface area contributed by atoms with Crippen LogP contribution in [0.2, 0.25) is 0 Å². The molecular weight excluding hydrogens is 554 g/mol. The van der Waals surface area contributed by atoms with Crippen molar-refractivity contribution in [2.24, 2.45) is 5.92 Å². The highest BCUT2D eigenvalue weighted by atomic mass is 16.3. The first-order valence-corrected chi connectivity index (χ1v) is 20.3. The highest BCUT2D eigenvalue weighted by Gasteiger charge is 2.34. The summed E-state index contributed by atoms with van der Waals surface area (Å²) < 4.78 is 0. The normalized spacial score (nSPS) is 32.5. The Hall–Kier alpha value is -0.460. The Morgan fingerprint density at radius 2 is 1.07 bits per heavy atom. The van der Waals surface area contributed by atoms with E-state index in [9.17, 15) is 10.2 Å². The number of aliphatic hydroxyl groups excluding tert-OH is 2. The Labute approximate surface area is 279 Å². The van der Waals surface area contributed by atoms with E-state index in [1.807, 2.05) is 0 Å². The number of hydrogen-bond donors (Lipinski definition) is 4. The number of nitrogens with one attached hydrogen (secondary N) is 2. The van der Waals surface area contributed by atoms with Gasteiger partial charge in [-0.15, -0.1) is 0 Å². The molecule has 0 aromatic rings. The van der Waals surface area contributed by atoms with Gasteiger partial charge in [0, 0.05) is 36.8 Å². The van der Waals surface area contributed by atoms with Crippen molar-refractivity contribution < 1.29 is 10.2 Å². The van der Waals surface area contributed by atoms with Crippen LogP contribution in [0.1, 0.15) is 181 Å². The van der Waals surface area contributed by atoms with Gasteiger partial charge in [-0.3, -0.25) is 4.90 Å². The van der Waals surface area contributed by atoms with Gasteiger partial charge in [0.15, 0.2) is 0 Å². The van der Waals surface area contributed by atoms with Gasteiger partial charge in [-0.05, 0) is 96.9 Å². The lowest BCUT2D eigenvalue weighted by Gasteiger charge is -2.36. The average molecular weight is 630 g/mol. The summed E-state index contributed by atoms with van der Waals surface area (Å²) in [6.45, 7) is 6.86. The fourth-order valence-electron chi connectivity index (χ4n) is 9.17. The van der Waals surface area contributed by atoms with Crippen molar-refractivity contribution in [2.45, 2.75) is 223 Å². The molecule has 4 N–H and O–H groups in total. The largest absolute Gasteiger partial charge is 0.392 e. The summed E-state index contributed by atoms with van der Waals surface area (Å²) in [7, 11) is 0. The van der Waals surface area contributed by atoms with Crippen LogP contribution in [0.3, 0.4) is 0 Å². The molecular formula is C40H75N3O2. The van der Waals surface area contributed by atoms with E-state index in [1.54, 1.807) is 5.57 Å². The summed E-state index contributed by atoms with van der Waals surface area (Å²) in [6, 6.07) is 2.66. The van der Waals surface area contributed by atoms with Crippen molar-refractivity contribution in [3.8, 4) is 0 Å². The first kappa shape index (κ1) is 37.4. The second-order valence-corrected chi connectivity index (χ2v) is 16.0. The van der Waals surface area contributed by atoms with Crippen LogP contribution >= 0.6 is 0 Å². The molecule has 0 radical (unpaired) electrons. The van der Waals surface area contributed by atoms with E-state index in [1.165, 1.54) is 154 Å². The van der Waals surface area contributed by atoms with E-state index >= 15 is 0 Å². The molecule has 8 atom stereocenters.